The molecule has 0 saturated heterocycles. The second-order valence-corrected chi connectivity index (χ2v) is 3.85. The molecule has 0 unspecified atom stereocenters. The SMILES string of the molecule is O[PH](O)(O)c1ccccc1. The van der Waals surface area contributed by atoms with E-state index in [1.54, 1.807) is 18.2 Å². The average molecular weight is 160 g/mol. The number of hydrogen-bond donors (Lipinski definition) is 3. The van der Waals surface area contributed by atoms with Gasteiger partial charge in [-0.05, 0) is 0 Å². The molecule has 0 amide bonds. The van der Waals surface area contributed by atoms with Gasteiger partial charge in [0.15, 0.2) is 0 Å². The summed E-state index contributed by atoms with van der Waals surface area (Å²) in [6.45, 7) is 0. The first-order chi connectivity index (χ1) is 4.61. The molecule has 0 atom stereocenters. The van der Waals surface area contributed by atoms with Crippen LogP contribution in [0.4, 0.5) is 0 Å². The number of hydrogen-bond acceptors (Lipinski definition) is 3. The van der Waals surface area contributed by atoms with Gasteiger partial charge >= 0.3 is 58.3 Å². The quantitative estimate of drug-likeness (QED) is 0.498. The van der Waals surface area contributed by atoms with E-state index in [0.29, 0.717) is 0 Å². The van der Waals surface area contributed by atoms with E-state index in [1.165, 1.54) is 12.1 Å². The van der Waals surface area contributed by atoms with Crippen molar-refractivity contribution in [1.82, 2.24) is 0 Å². The van der Waals surface area contributed by atoms with E-state index in [2.05, 4.69) is 0 Å². The molecule has 1 aromatic rings. The third kappa shape index (κ3) is 1.75. The van der Waals surface area contributed by atoms with E-state index in [-0.39, 0.29) is 5.30 Å². The number of rotatable bonds is 1. The van der Waals surface area contributed by atoms with Gasteiger partial charge in [-0.2, -0.15) is 0 Å². The third-order valence-electron chi connectivity index (χ3n) is 1.16. The molecule has 3 N–H and O–H groups in total. The van der Waals surface area contributed by atoms with Crippen molar-refractivity contribution in [1.29, 1.82) is 0 Å². The summed E-state index contributed by atoms with van der Waals surface area (Å²) in [7, 11) is -4.03. The normalized spacial score (nSPS) is 13.1. The molecular weight excluding hydrogens is 151 g/mol. The van der Waals surface area contributed by atoms with Crippen LogP contribution in [0.25, 0.3) is 0 Å². The Labute approximate surface area is 59.2 Å². The first-order valence-electron chi connectivity index (χ1n) is 2.83. The van der Waals surface area contributed by atoms with E-state index >= 15 is 0 Å². The van der Waals surface area contributed by atoms with Crippen LogP contribution in [0.1, 0.15) is 0 Å². The first kappa shape index (κ1) is 7.63. The van der Waals surface area contributed by atoms with Gasteiger partial charge in [0.1, 0.15) is 0 Å². The summed E-state index contributed by atoms with van der Waals surface area (Å²) in [5.41, 5.74) is 0. The third-order valence-corrected chi connectivity index (χ3v) is 2.27. The molecule has 0 aromatic heterocycles. The van der Waals surface area contributed by atoms with Gasteiger partial charge in [0.25, 0.3) is 0 Å². The zero-order chi connectivity index (χ0) is 7.61. The summed E-state index contributed by atoms with van der Waals surface area (Å²) in [4.78, 5) is 26.2. The van der Waals surface area contributed by atoms with Gasteiger partial charge in [-0.3, -0.25) is 0 Å². The molecule has 0 aliphatic heterocycles. The fraction of sp³-hybridized carbons (Fsp3) is 0. The summed E-state index contributed by atoms with van der Waals surface area (Å²) in [6.07, 6.45) is 0. The summed E-state index contributed by atoms with van der Waals surface area (Å²) >= 11 is 0. The molecule has 0 fully saturated rings. The fourth-order valence-corrected chi connectivity index (χ4v) is 1.30. The van der Waals surface area contributed by atoms with Gasteiger partial charge in [-0.25, -0.2) is 0 Å². The zero-order valence-electron chi connectivity index (χ0n) is 5.23. The van der Waals surface area contributed by atoms with Gasteiger partial charge < -0.3 is 0 Å². The maximum absolute atomic E-state index is 8.74. The van der Waals surface area contributed by atoms with Crippen LogP contribution >= 0.6 is 7.94 Å². The second-order valence-electron chi connectivity index (χ2n) is 2.00. The summed E-state index contributed by atoms with van der Waals surface area (Å²) < 4.78 is 0. The van der Waals surface area contributed by atoms with Crippen molar-refractivity contribution in [3.63, 3.8) is 0 Å². The Morgan fingerprint density at radius 1 is 0.900 bits per heavy atom. The van der Waals surface area contributed by atoms with Crippen molar-refractivity contribution >= 4 is 13.2 Å². The van der Waals surface area contributed by atoms with Crippen molar-refractivity contribution in [2.24, 2.45) is 0 Å². The first-order valence-corrected chi connectivity index (χ1v) is 4.67. The zero-order valence-corrected chi connectivity index (χ0v) is 6.23. The molecule has 0 heterocycles. The van der Waals surface area contributed by atoms with Crippen LogP contribution in [0, 0.1) is 0 Å². The fourth-order valence-electron chi connectivity index (χ4n) is 0.662. The maximum atomic E-state index is 8.74. The van der Waals surface area contributed by atoms with Crippen LogP contribution in [-0.2, 0) is 0 Å². The Morgan fingerprint density at radius 2 is 1.40 bits per heavy atom. The Bertz CT molecular complexity index is 204. The van der Waals surface area contributed by atoms with E-state index in [0.717, 1.165) is 0 Å². The van der Waals surface area contributed by atoms with Crippen molar-refractivity contribution in [3.8, 4) is 0 Å². The van der Waals surface area contributed by atoms with E-state index in [9.17, 15) is 0 Å². The molecule has 1 aromatic carbocycles. The van der Waals surface area contributed by atoms with Crippen molar-refractivity contribution in [2.45, 2.75) is 0 Å². The van der Waals surface area contributed by atoms with Crippen molar-refractivity contribution in [3.05, 3.63) is 30.3 Å². The Balaban J connectivity index is 2.97. The molecular formula is C6H9O3P. The minimum absolute atomic E-state index is 0.204. The van der Waals surface area contributed by atoms with Gasteiger partial charge in [0.2, 0.25) is 0 Å². The van der Waals surface area contributed by atoms with Crippen LogP contribution in [0.5, 0.6) is 0 Å². The molecule has 56 valence electrons. The topological polar surface area (TPSA) is 60.7 Å². The summed E-state index contributed by atoms with van der Waals surface area (Å²) in [6, 6.07) is 7.97. The Morgan fingerprint density at radius 3 is 1.70 bits per heavy atom. The number of benzene rings is 1. The molecule has 4 heteroatoms. The van der Waals surface area contributed by atoms with Crippen LogP contribution in [-0.4, -0.2) is 14.7 Å². The monoisotopic (exact) mass is 160 g/mol. The second kappa shape index (κ2) is 2.64. The summed E-state index contributed by atoms with van der Waals surface area (Å²) in [5, 5.41) is 0.204. The van der Waals surface area contributed by atoms with Crippen LogP contribution in [0.3, 0.4) is 0 Å². The van der Waals surface area contributed by atoms with Crippen LogP contribution in [0.2, 0.25) is 0 Å². The van der Waals surface area contributed by atoms with Crippen LogP contribution < -0.4 is 5.30 Å². The molecule has 3 nitrogen and oxygen atoms in total. The van der Waals surface area contributed by atoms with E-state index in [1.807, 2.05) is 0 Å². The van der Waals surface area contributed by atoms with Crippen molar-refractivity contribution < 1.29 is 14.7 Å². The molecule has 0 aliphatic rings. The van der Waals surface area contributed by atoms with Gasteiger partial charge in [0, 0.05) is 0 Å². The average Bonchev–Trinajstić information content (AvgIpc) is 1.88. The summed E-state index contributed by atoms with van der Waals surface area (Å²) in [5.74, 6) is 0. The van der Waals surface area contributed by atoms with Crippen LogP contribution in [0.15, 0.2) is 30.3 Å². The molecule has 0 aliphatic carbocycles. The van der Waals surface area contributed by atoms with Gasteiger partial charge in [-0.15, -0.1) is 0 Å². The predicted molar refractivity (Wildman–Crippen MR) is 41.0 cm³/mol. The predicted octanol–water partition coefficient (Wildman–Crippen LogP) is -0.216. The van der Waals surface area contributed by atoms with E-state index in [4.69, 9.17) is 14.7 Å². The minimum atomic E-state index is -4.03. The molecule has 0 bridgehead atoms. The van der Waals surface area contributed by atoms with Gasteiger partial charge in [0.05, 0.1) is 0 Å². The molecule has 0 saturated carbocycles. The molecule has 0 radical (unpaired) electrons. The molecule has 0 spiro atoms. The molecule has 10 heavy (non-hydrogen) atoms. The van der Waals surface area contributed by atoms with E-state index < -0.39 is 7.94 Å². The standard InChI is InChI=1S/C6H9O3P/c7-10(8,9)6-4-2-1-3-5-6/h1-5,7-10H. The van der Waals surface area contributed by atoms with Crippen molar-refractivity contribution in [2.75, 3.05) is 0 Å². The van der Waals surface area contributed by atoms with Gasteiger partial charge in [-0.1, -0.05) is 0 Å². The Hall–Kier alpha value is -0.470. The molecule has 1 rings (SSSR count). The Kier molecular flexibility index (Phi) is 2.02.